The van der Waals surface area contributed by atoms with E-state index in [0.29, 0.717) is 13.2 Å². The van der Waals surface area contributed by atoms with Gasteiger partial charge in [0.1, 0.15) is 12.3 Å². The second-order valence-corrected chi connectivity index (χ2v) is 4.00. The number of unbranched alkanes of at least 4 members (excludes halogenated alkanes) is 5. The molecular formula is C14H23NO3. The zero-order chi connectivity index (χ0) is 13.6. The molecule has 4 nitrogen and oxygen atoms in total. The third-order valence-electron chi connectivity index (χ3n) is 2.44. The highest BCUT2D eigenvalue weighted by Crippen LogP contribution is 2.06. The smallest absolute Gasteiger partial charge is 0.352 e. The van der Waals surface area contributed by atoms with E-state index in [1.807, 2.05) is 0 Å². The number of carbonyl (C=O) groups is 1. The highest BCUT2D eigenvalue weighted by molar-refractivity contribution is 5.92. The number of hydrogen-bond acceptors (Lipinski definition) is 4. The van der Waals surface area contributed by atoms with Crippen LogP contribution in [0.4, 0.5) is 0 Å². The summed E-state index contributed by atoms with van der Waals surface area (Å²) < 4.78 is 9.88. The number of ether oxygens (including phenoxy) is 2. The average molecular weight is 253 g/mol. The topological polar surface area (TPSA) is 59.3 Å². The highest BCUT2D eigenvalue weighted by Gasteiger charge is 2.10. The summed E-state index contributed by atoms with van der Waals surface area (Å²) >= 11 is 0. The molecule has 0 amide bonds. The van der Waals surface area contributed by atoms with E-state index in [1.54, 1.807) is 13.0 Å². The molecule has 0 aliphatic rings. The molecular weight excluding hydrogens is 230 g/mol. The standard InChI is InChI=1S/C14H23NO3/c1-3-5-6-7-8-9-10-18-14(16)13(11-15)12-17-4-2/h12H,3-10H2,1-2H3. The Morgan fingerprint density at radius 1 is 1.17 bits per heavy atom. The molecule has 0 bridgehead atoms. The van der Waals surface area contributed by atoms with Crippen LogP contribution in [0.5, 0.6) is 0 Å². The first-order chi connectivity index (χ1) is 8.76. The molecule has 0 fully saturated rings. The molecule has 0 heterocycles. The van der Waals surface area contributed by atoms with Crippen LogP contribution in [0, 0.1) is 11.3 Å². The van der Waals surface area contributed by atoms with E-state index in [1.165, 1.54) is 25.7 Å². The van der Waals surface area contributed by atoms with Gasteiger partial charge in [0.15, 0.2) is 5.57 Å². The van der Waals surface area contributed by atoms with Gasteiger partial charge in [-0.3, -0.25) is 0 Å². The van der Waals surface area contributed by atoms with Gasteiger partial charge in [-0.05, 0) is 13.3 Å². The van der Waals surface area contributed by atoms with Crippen LogP contribution >= 0.6 is 0 Å². The van der Waals surface area contributed by atoms with Crippen LogP contribution in [0.1, 0.15) is 52.4 Å². The molecule has 18 heavy (non-hydrogen) atoms. The van der Waals surface area contributed by atoms with Crippen molar-refractivity contribution in [2.45, 2.75) is 52.4 Å². The van der Waals surface area contributed by atoms with E-state index in [2.05, 4.69) is 6.92 Å². The van der Waals surface area contributed by atoms with Gasteiger partial charge in [-0.15, -0.1) is 0 Å². The van der Waals surface area contributed by atoms with Crippen LogP contribution in [0.15, 0.2) is 11.8 Å². The Labute approximate surface area is 110 Å². The minimum absolute atomic E-state index is 0.0807. The maximum Gasteiger partial charge on any atom is 0.352 e. The molecule has 0 rings (SSSR count). The van der Waals surface area contributed by atoms with Crippen molar-refractivity contribution in [2.24, 2.45) is 0 Å². The van der Waals surface area contributed by atoms with Crippen molar-refractivity contribution in [3.63, 3.8) is 0 Å². The first kappa shape index (κ1) is 16.5. The summed E-state index contributed by atoms with van der Waals surface area (Å²) in [5, 5.41) is 8.72. The number of carbonyl (C=O) groups excluding carboxylic acids is 1. The fourth-order valence-electron chi connectivity index (χ4n) is 1.41. The van der Waals surface area contributed by atoms with Crippen molar-refractivity contribution in [1.82, 2.24) is 0 Å². The number of hydrogen-bond donors (Lipinski definition) is 0. The fraction of sp³-hybridized carbons (Fsp3) is 0.714. The Morgan fingerprint density at radius 3 is 2.44 bits per heavy atom. The van der Waals surface area contributed by atoms with Crippen molar-refractivity contribution >= 4 is 5.97 Å². The maximum atomic E-state index is 11.4. The summed E-state index contributed by atoms with van der Waals surface area (Å²) in [4.78, 5) is 11.4. The van der Waals surface area contributed by atoms with Gasteiger partial charge in [-0.1, -0.05) is 39.0 Å². The van der Waals surface area contributed by atoms with Crippen molar-refractivity contribution < 1.29 is 14.3 Å². The first-order valence-corrected chi connectivity index (χ1v) is 6.65. The largest absolute Gasteiger partial charge is 0.500 e. The molecule has 102 valence electrons. The Bertz CT molecular complexity index is 292. The number of nitriles is 1. The number of nitrogens with zero attached hydrogens (tertiary/aromatic N) is 1. The molecule has 0 unspecified atom stereocenters. The lowest BCUT2D eigenvalue weighted by Gasteiger charge is -2.04. The number of esters is 1. The average Bonchev–Trinajstić information content (AvgIpc) is 2.38. The lowest BCUT2D eigenvalue weighted by Crippen LogP contribution is -2.08. The Balaban J connectivity index is 3.66. The van der Waals surface area contributed by atoms with E-state index in [-0.39, 0.29) is 5.57 Å². The number of rotatable bonds is 10. The third kappa shape index (κ3) is 8.63. The third-order valence-corrected chi connectivity index (χ3v) is 2.44. The van der Waals surface area contributed by atoms with Crippen LogP contribution in [-0.2, 0) is 14.3 Å². The Morgan fingerprint density at radius 2 is 1.83 bits per heavy atom. The summed E-state index contributed by atoms with van der Waals surface area (Å²) in [5.41, 5.74) is -0.0807. The quantitative estimate of drug-likeness (QED) is 0.197. The van der Waals surface area contributed by atoms with E-state index >= 15 is 0 Å². The second-order valence-electron chi connectivity index (χ2n) is 4.00. The molecule has 0 aromatic carbocycles. The fourth-order valence-corrected chi connectivity index (χ4v) is 1.41. The predicted molar refractivity (Wildman–Crippen MR) is 69.7 cm³/mol. The van der Waals surface area contributed by atoms with Gasteiger partial charge in [0.2, 0.25) is 0 Å². The zero-order valence-electron chi connectivity index (χ0n) is 11.4. The lowest BCUT2D eigenvalue weighted by molar-refractivity contribution is -0.138. The minimum atomic E-state index is -0.598. The van der Waals surface area contributed by atoms with E-state index in [4.69, 9.17) is 14.7 Å². The van der Waals surface area contributed by atoms with Crippen molar-refractivity contribution in [3.05, 3.63) is 11.8 Å². The van der Waals surface area contributed by atoms with Gasteiger partial charge in [-0.2, -0.15) is 5.26 Å². The first-order valence-electron chi connectivity index (χ1n) is 6.65. The molecule has 0 atom stereocenters. The van der Waals surface area contributed by atoms with Gasteiger partial charge in [0.25, 0.3) is 0 Å². The molecule has 0 spiro atoms. The Hall–Kier alpha value is -1.50. The summed E-state index contributed by atoms with van der Waals surface area (Å²) in [6.07, 6.45) is 7.96. The maximum absolute atomic E-state index is 11.4. The van der Waals surface area contributed by atoms with Gasteiger partial charge >= 0.3 is 5.97 Å². The van der Waals surface area contributed by atoms with Gasteiger partial charge in [0.05, 0.1) is 13.2 Å². The normalized spacial score (nSPS) is 10.8. The molecule has 0 saturated carbocycles. The van der Waals surface area contributed by atoms with E-state index < -0.39 is 5.97 Å². The van der Waals surface area contributed by atoms with Crippen LogP contribution in [0.2, 0.25) is 0 Å². The molecule has 0 aliphatic heterocycles. The van der Waals surface area contributed by atoms with E-state index in [9.17, 15) is 4.79 Å². The van der Waals surface area contributed by atoms with Crippen molar-refractivity contribution in [3.8, 4) is 6.07 Å². The molecule has 0 radical (unpaired) electrons. The molecule has 0 aliphatic carbocycles. The summed E-state index contributed by atoms with van der Waals surface area (Å²) in [5.74, 6) is -0.598. The van der Waals surface area contributed by atoms with Crippen molar-refractivity contribution in [2.75, 3.05) is 13.2 Å². The molecule has 0 aromatic heterocycles. The van der Waals surface area contributed by atoms with Crippen LogP contribution in [0.25, 0.3) is 0 Å². The van der Waals surface area contributed by atoms with E-state index in [0.717, 1.165) is 19.1 Å². The molecule has 0 aromatic rings. The van der Waals surface area contributed by atoms with Crippen molar-refractivity contribution in [1.29, 1.82) is 5.26 Å². The second kappa shape index (κ2) is 12.0. The molecule has 0 N–H and O–H groups in total. The molecule has 4 heteroatoms. The summed E-state index contributed by atoms with van der Waals surface area (Å²) in [6.45, 7) is 4.76. The van der Waals surface area contributed by atoms with Gasteiger partial charge in [-0.25, -0.2) is 4.79 Å². The van der Waals surface area contributed by atoms with Crippen LogP contribution < -0.4 is 0 Å². The lowest BCUT2D eigenvalue weighted by atomic mass is 10.1. The highest BCUT2D eigenvalue weighted by atomic mass is 16.5. The predicted octanol–water partition coefficient (Wildman–Crippen LogP) is 3.33. The van der Waals surface area contributed by atoms with Gasteiger partial charge < -0.3 is 9.47 Å². The zero-order valence-corrected chi connectivity index (χ0v) is 11.4. The molecule has 0 saturated heterocycles. The monoisotopic (exact) mass is 253 g/mol. The summed E-state index contributed by atoms with van der Waals surface area (Å²) in [6, 6.07) is 1.77. The minimum Gasteiger partial charge on any atom is -0.500 e. The Kier molecular flexibility index (Phi) is 11.0. The SMILES string of the molecule is CCCCCCCCOC(=O)C(C#N)=COCC. The van der Waals surface area contributed by atoms with Crippen LogP contribution in [0.3, 0.4) is 0 Å². The van der Waals surface area contributed by atoms with Crippen LogP contribution in [-0.4, -0.2) is 19.2 Å². The van der Waals surface area contributed by atoms with Gasteiger partial charge in [0, 0.05) is 0 Å². The summed E-state index contributed by atoms with van der Waals surface area (Å²) in [7, 11) is 0.